The molecule has 0 aliphatic rings. The molecule has 1 heterocycles. The van der Waals surface area contributed by atoms with Crippen LogP contribution in [0.15, 0.2) is 84.9 Å². The molecule has 0 saturated carbocycles. The molecule has 0 amide bonds. The Labute approximate surface area is 148 Å². The number of anilines is 1. The predicted molar refractivity (Wildman–Crippen MR) is 107 cm³/mol. The minimum Gasteiger partial charge on any atom is -0.378 e. The van der Waals surface area contributed by atoms with Gasteiger partial charge in [0.25, 0.3) is 0 Å². The van der Waals surface area contributed by atoms with Crippen LogP contribution in [0.4, 0.5) is 5.69 Å². The van der Waals surface area contributed by atoms with Crippen LogP contribution in [0.3, 0.4) is 0 Å². The third-order valence-electron chi connectivity index (χ3n) is 4.46. The fourth-order valence-corrected chi connectivity index (χ4v) is 3.11. The molecular weight excluding hydrogens is 304 g/mol. The van der Waals surface area contributed by atoms with Crippen molar-refractivity contribution in [2.24, 2.45) is 0 Å². The molecule has 4 rings (SSSR count). The average molecular weight is 324 g/mol. The summed E-state index contributed by atoms with van der Waals surface area (Å²) in [6.07, 6.45) is 0. The number of rotatable bonds is 3. The van der Waals surface area contributed by atoms with Crippen LogP contribution in [0.5, 0.6) is 0 Å². The van der Waals surface area contributed by atoms with E-state index in [1.165, 1.54) is 16.5 Å². The molecular formula is C23H20N2. The van der Waals surface area contributed by atoms with Crippen LogP contribution in [-0.2, 0) is 0 Å². The lowest BCUT2D eigenvalue weighted by atomic mass is 9.98. The zero-order valence-electron chi connectivity index (χ0n) is 14.5. The van der Waals surface area contributed by atoms with Crippen LogP contribution >= 0.6 is 0 Å². The number of aromatic nitrogens is 1. The summed E-state index contributed by atoms with van der Waals surface area (Å²) >= 11 is 0. The fraction of sp³-hybridized carbons (Fsp3) is 0.0870. The van der Waals surface area contributed by atoms with Gasteiger partial charge in [0, 0.05) is 30.7 Å². The highest BCUT2D eigenvalue weighted by atomic mass is 15.1. The Balaban J connectivity index is 2.01. The standard InChI is InChI=1S/C23H20N2/c1-25(2)19-13-14-20-21(17-9-5-3-6-10-17)16-22(24-23(20)15-19)18-11-7-4-8-12-18/h3-16H,1-2H3. The predicted octanol–water partition coefficient (Wildman–Crippen LogP) is 5.63. The van der Waals surface area contributed by atoms with E-state index in [2.05, 4.69) is 97.9 Å². The molecule has 0 radical (unpaired) electrons. The van der Waals surface area contributed by atoms with Gasteiger partial charge in [-0.15, -0.1) is 0 Å². The molecule has 2 nitrogen and oxygen atoms in total. The van der Waals surface area contributed by atoms with Gasteiger partial charge < -0.3 is 4.90 Å². The van der Waals surface area contributed by atoms with Crippen molar-refractivity contribution < 1.29 is 0 Å². The highest BCUT2D eigenvalue weighted by molar-refractivity contribution is 5.98. The summed E-state index contributed by atoms with van der Waals surface area (Å²) in [6.45, 7) is 0. The van der Waals surface area contributed by atoms with E-state index < -0.39 is 0 Å². The van der Waals surface area contributed by atoms with Gasteiger partial charge in [-0.25, -0.2) is 4.98 Å². The molecule has 3 aromatic carbocycles. The number of nitrogens with zero attached hydrogens (tertiary/aromatic N) is 2. The van der Waals surface area contributed by atoms with Crippen molar-refractivity contribution in [3.05, 3.63) is 84.9 Å². The van der Waals surface area contributed by atoms with Crippen LogP contribution in [0.2, 0.25) is 0 Å². The normalized spacial score (nSPS) is 10.8. The van der Waals surface area contributed by atoms with Gasteiger partial charge in [-0.05, 0) is 29.3 Å². The molecule has 0 unspecified atom stereocenters. The van der Waals surface area contributed by atoms with Crippen molar-refractivity contribution in [3.8, 4) is 22.4 Å². The van der Waals surface area contributed by atoms with E-state index in [1.54, 1.807) is 0 Å². The Morgan fingerprint density at radius 3 is 1.96 bits per heavy atom. The molecule has 0 bridgehead atoms. The Bertz CT molecular complexity index is 1010. The van der Waals surface area contributed by atoms with Gasteiger partial charge >= 0.3 is 0 Å². The maximum Gasteiger partial charge on any atom is 0.0736 e. The van der Waals surface area contributed by atoms with Gasteiger partial charge in [-0.3, -0.25) is 0 Å². The third-order valence-corrected chi connectivity index (χ3v) is 4.46. The van der Waals surface area contributed by atoms with E-state index in [0.29, 0.717) is 0 Å². The molecule has 0 spiro atoms. The summed E-state index contributed by atoms with van der Waals surface area (Å²) < 4.78 is 0. The molecule has 2 heteroatoms. The molecule has 0 atom stereocenters. The molecule has 0 aliphatic carbocycles. The zero-order chi connectivity index (χ0) is 17.2. The van der Waals surface area contributed by atoms with Crippen LogP contribution in [0.1, 0.15) is 0 Å². The second-order valence-corrected chi connectivity index (χ2v) is 6.38. The SMILES string of the molecule is CN(C)c1ccc2c(-c3ccccc3)cc(-c3ccccc3)nc2c1. The second-order valence-electron chi connectivity index (χ2n) is 6.38. The minimum absolute atomic E-state index is 1.00. The summed E-state index contributed by atoms with van der Waals surface area (Å²) in [4.78, 5) is 7.06. The zero-order valence-corrected chi connectivity index (χ0v) is 14.5. The van der Waals surface area contributed by atoms with Gasteiger partial charge in [-0.2, -0.15) is 0 Å². The molecule has 122 valence electrons. The molecule has 0 N–H and O–H groups in total. The molecule has 0 aliphatic heterocycles. The summed E-state index contributed by atoms with van der Waals surface area (Å²) in [5.74, 6) is 0. The Hall–Kier alpha value is -3.13. The van der Waals surface area contributed by atoms with Gasteiger partial charge in [-0.1, -0.05) is 66.7 Å². The molecule has 0 fully saturated rings. The molecule has 0 saturated heterocycles. The number of hydrogen-bond acceptors (Lipinski definition) is 2. The van der Waals surface area contributed by atoms with Crippen LogP contribution < -0.4 is 4.90 Å². The molecule has 1 aromatic heterocycles. The Morgan fingerprint density at radius 2 is 1.32 bits per heavy atom. The van der Waals surface area contributed by atoms with E-state index in [-0.39, 0.29) is 0 Å². The van der Waals surface area contributed by atoms with E-state index in [0.717, 1.165) is 22.5 Å². The largest absolute Gasteiger partial charge is 0.378 e. The molecule has 4 aromatic rings. The van der Waals surface area contributed by atoms with E-state index in [9.17, 15) is 0 Å². The minimum atomic E-state index is 1.00. The van der Waals surface area contributed by atoms with Gasteiger partial charge in [0.1, 0.15) is 0 Å². The van der Waals surface area contributed by atoms with Gasteiger partial charge in [0.05, 0.1) is 11.2 Å². The smallest absolute Gasteiger partial charge is 0.0736 e. The number of pyridine rings is 1. The van der Waals surface area contributed by atoms with Crippen LogP contribution in [0, 0.1) is 0 Å². The highest BCUT2D eigenvalue weighted by Crippen LogP contribution is 2.33. The van der Waals surface area contributed by atoms with E-state index in [4.69, 9.17) is 4.98 Å². The lowest BCUT2D eigenvalue weighted by Gasteiger charge is -2.15. The summed E-state index contributed by atoms with van der Waals surface area (Å²) in [5, 5.41) is 1.18. The topological polar surface area (TPSA) is 16.1 Å². The van der Waals surface area contributed by atoms with Crippen LogP contribution in [-0.4, -0.2) is 19.1 Å². The first-order valence-electron chi connectivity index (χ1n) is 8.45. The maximum absolute atomic E-state index is 4.95. The monoisotopic (exact) mass is 324 g/mol. The average Bonchev–Trinajstić information content (AvgIpc) is 2.68. The number of benzene rings is 3. The maximum atomic E-state index is 4.95. The first-order chi connectivity index (χ1) is 12.2. The summed E-state index contributed by atoms with van der Waals surface area (Å²) in [6, 6.07) is 29.6. The van der Waals surface area contributed by atoms with Crippen molar-refractivity contribution in [2.75, 3.05) is 19.0 Å². The van der Waals surface area contributed by atoms with Gasteiger partial charge in [0.2, 0.25) is 0 Å². The highest BCUT2D eigenvalue weighted by Gasteiger charge is 2.10. The van der Waals surface area contributed by atoms with Crippen molar-refractivity contribution >= 4 is 16.6 Å². The number of hydrogen-bond donors (Lipinski definition) is 0. The Kier molecular flexibility index (Phi) is 3.95. The second kappa shape index (κ2) is 6.40. The van der Waals surface area contributed by atoms with Crippen molar-refractivity contribution in [3.63, 3.8) is 0 Å². The van der Waals surface area contributed by atoms with E-state index >= 15 is 0 Å². The van der Waals surface area contributed by atoms with Crippen molar-refractivity contribution in [2.45, 2.75) is 0 Å². The lowest BCUT2D eigenvalue weighted by molar-refractivity contribution is 1.13. The van der Waals surface area contributed by atoms with Gasteiger partial charge in [0.15, 0.2) is 0 Å². The third kappa shape index (κ3) is 2.99. The van der Waals surface area contributed by atoms with Crippen molar-refractivity contribution in [1.29, 1.82) is 0 Å². The fourth-order valence-electron chi connectivity index (χ4n) is 3.11. The molecule has 25 heavy (non-hydrogen) atoms. The first kappa shape index (κ1) is 15.4. The lowest BCUT2D eigenvalue weighted by Crippen LogP contribution is -2.08. The summed E-state index contributed by atoms with van der Waals surface area (Å²) in [7, 11) is 4.11. The summed E-state index contributed by atoms with van der Waals surface area (Å²) in [5.41, 5.74) is 6.75. The number of fused-ring (bicyclic) bond motifs is 1. The Morgan fingerprint density at radius 1 is 0.680 bits per heavy atom. The van der Waals surface area contributed by atoms with Crippen LogP contribution in [0.25, 0.3) is 33.3 Å². The van der Waals surface area contributed by atoms with E-state index in [1.807, 2.05) is 6.07 Å². The van der Waals surface area contributed by atoms with Crippen molar-refractivity contribution in [1.82, 2.24) is 4.98 Å². The first-order valence-corrected chi connectivity index (χ1v) is 8.45. The quantitative estimate of drug-likeness (QED) is 0.485.